The summed E-state index contributed by atoms with van der Waals surface area (Å²) in [5.74, 6) is -1.45. The Morgan fingerprint density at radius 3 is 1.32 bits per heavy atom. The average Bonchev–Trinajstić information content (AvgIpc) is 3.90. The van der Waals surface area contributed by atoms with Gasteiger partial charge in [-0.1, -0.05) is 107 Å². The normalized spacial score (nSPS) is 14.5. The molecule has 0 saturated carbocycles. The van der Waals surface area contributed by atoms with E-state index in [0.29, 0.717) is 6.61 Å². The Hall–Kier alpha value is -2.20. The Morgan fingerprint density at radius 1 is 0.620 bits per heavy atom. The van der Waals surface area contributed by atoms with Crippen LogP contribution in [-0.2, 0) is 38.1 Å². The Bertz CT molecular complexity index is 877. The van der Waals surface area contributed by atoms with E-state index in [9.17, 15) is 24.3 Å². The van der Waals surface area contributed by atoms with Crippen LogP contribution < -0.4 is 0 Å². The van der Waals surface area contributed by atoms with Crippen molar-refractivity contribution >= 4 is 23.9 Å². The van der Waals surface area contributed by atoms with Gasteiger partial charge in [0.2, 0.25) is 0 Å². The Morgan fingerprint density at radius 2 is 0.980 bits per heavy atom. The van der Waals surface area contributed by atoms with Crippen LogP contribution in [0.5, 0.6) is 0 Å². The summed E-state index contributed by atoms with van der Waals surface area (Å²) in [6.45, 7) is 21.2. The smallest absolute Gasteiger partial charge is 0.311 e. The van der Waals surface area contributed by atoms with Crippen LogP contribution in [0.1, 0.15) is 172 Å². The van der Waals surface area contributed by atoms with Gasteiger partial charge in [0, 0.05) is 0 Å². The number of carbonyl (C=O) groups excluding carboxylic acids is 3. The fourth-order valence-electron chi connectivity index (χ4n) is 6.23. The maximum absolute atomic E-state index is 12.3. The van der Waals surface area contributed by atoms with Crippen molar-refractivity contribution in [2.24, 2.45) is 22.7 Å². The molecule has 0 aromatic carbocycles. The summed E-state index contributed by atoms with van der Waals surface area (Å²) in [4.78, 5) is 46.8. The van der Waals surface area contributed by atoms with Gasteiger partial charge < -0.3 is 29.2 Å². The summed E-state index contributed by atoms with van der Waals surface area (Å²) in [6.07, 6.45) is 13.4. The van der Waals surface area contributed by atoms with Gasteiger partial charge in [-0.2, -0.15) is 0 Å². The molecule has 0 spiro atoms. The van der Waals surface area contributed by atoms with Gasteiger partial charge in [0.1, 0.15) is 32.0 Å². The molecule has 10 heteroatoms. The zero-order valence-electron chi connectivity index (χ0n) is 33.6. The molecule has 1 aliphatic heterocycles. The van der Waals surface area contributed by atoms with Crippen LogP contribution in [0.25, 0.3) is 0 Å². The first-order valence-corrected chi connectivity index (χ1v) is 19.7. The number of aliphatic carboxylic acids is 1. The molecule has 2 atom stereocenters. The van der Waals surface area contributed by atoms with E-state index in [-0.39, 0.29) is 54.5 Å². The topological polar surface area (TPSA) is 149 Å². The molecule has 0 amide bonds. The zero-order chi connectivity index (χ0) is 38.6. The number of rotatable bonds is 26. The highest BCUT2D eigenvalue weighted by molar-refractivity contribution is 5.77. The lowest BCUT2D eigenvalue weighted by atomic mass is 9.81. The summed E-state index contributed by atoms with van der Waals surface area (Å²) in [5.41, 5.74) is -0.800. The van der Waals surface area contributed by atoms with Gasteiger partial charge >= 0.3 is 23.9 Å². The Kier molecular flexibility index (Phi) is 29.3. The van der Waals surface area contributed by atoms with Crippen molar-refractivity contribution in [2.45, 2.75) is 184 Å². The van der Waals surface area contributed by atoms with Crippen molar-refractivity contribution in [3.8, 4) is 0 Å². The molecule has 296 valence electrons. The number of carboxylic acid groups (broad SMARTS) is 1. The minimum Gasteiger partial charge on any atom is -0.481 e. The number of carboxylic acids is 1. The maximum Gasteiger partial charge on any atom is 0.311 e. The molecule has 1 aliphatic rings. The highest BCUT2D eigenvalue weighted by Crippen LogP contribution is 2.32. The van der Waals surface area contributed by atoms with Crippen LogP contribution in [0.3, 0.4) is 0 Å². The van der Waals surface area contributed by atoms with E-state index < -0.39 is 17.5 Å². The first-order chi connectivity index (χ1) is 23.7. The van der Waals surface area contributed by atoms with Gasteiger partial charge in [-0.05, 0) is 65.2 Å². The summed E-state index contributed by atoms with van der Waals surface area (Å²) in [5, 5.41) is 18.6. The van der Waals surface area contributed by atoms with Crippen LogP contribution in [-0.4, -0.2) is 72.7 Å². The Labute approximate surface area is 305 Å². The molecule has 0 aromatic rings. The lowest BCUT2D eigenvalue weighted by Crippen LogP contribution is -2.34. The van der Waals surface area contributed by atoms with Crippen molar-refractivity contribution in [1.29, 1.82) is 0 Å². The van der Waals surface area contributed by atoms with Gasteiger partial charge in [0.25, 0.3) is 0 Å². The third-order valence-corrected chi connectivity index (χ3v) is 9.05. The lowest BCUT2D eigenvalue weighted by molar-refractivity contribution is -0.162. The minimum absolute atomic E-state index is 0.0540. The molecule has 1 heterocycles. The largest absolute Gasteiger partial charge is 0.481 e. The third-order valence-electron chi connectivity index (χ3n) is 9.05. The number of aliphatic hydroxyl groups excluding tert-OH is 1. The molecule has 2 N–H and O–H groups in total. The molecular weight excluding hydrogens is 640 g/mol. The second-order valence-corrected chi connectivity index (χ2v) is 14.4. The second kappa shape index (κ2) is 29.4. The van der Waals surface area contributed by atoms with Gasteiger partial charge in [0.05, 0.1) is 29.3 Å². The van der Waals surface area contributed by atoms with Crippen LogP contribution in [0.2, 0.25) is 0 Å². The van der Waals surface area contributed by atoms with Crippen LogP contribution >= 0.6 is 0 Å². The van der Waals surface area contributed by atoms with Crippen LogP contribution in [0, 0.1) is 22.7 Å². The maximum atomic E-state index is 12.3. The highest BCUT2D eigenvalue weighted by atomic mass is 16.6. The molecule has 10 nitrogen and oxygen atoms in total. The first kappa shape index (κ1) is 49.9. The molecule has 1 fully saturated rings. The van der Waals surface area contributed by atoms with E-state index in [4.69, 9.17) is 24.1 Å². The number of hydrogen-bond donors (Lipinski definition) is 2. The summed E-state index contributed by atoms with van der Waals surface area (Å²) < 4.78 is 20.8. The third kappa shape index (κ3) is 22.6. The molecular formula is C40H76O10. The van der Waals surface area contributed by atoms with E-state index in [0.717, 1.165) is 109 Å². The van der Waals surface area contributed by atoms with Crippen molar-refractivity contribution in [3.63, 3.8) is 0 Å². The number of carbonyl (C=O) groups is 4. The fraction of sp³-hybridized carbons (Fsp3) is 0.900. The lowest BCUT2D eigenvalue weighted by Gasteiger charge is -2.27. The second-order valence-electron chi connectivity index (χ2n) is 14.4. The van der Waals surface area contributed by atoms with E-state index >= 15 is 0 Å². The quantitative estimate of drug-likeness (QED) is 0.0504. The molecule has 0 aliphatic carbocycles. The van der Waals surface area contributed by atoms with Crippen molar-refractivity contribution in [1.82, 2.24) is 0 Å². The van der Waals surface area contributed by atoms with E-state index in [1.807, 2.05) is 55.4 Å². The molecule has 0 radical (unpaired) electrons. The van der Waals surface area contributed by atoms with E-state index in [1.54, 1.807) is 0 Å². The van der Waals surface area contributed by atoms with Crippen molar-refractivity contribution < 1.29 is 48.3 Å². The van der Waals surface area contributed by atoms with Crippen LogP contribution in [0.4, 0.5) is 0 Å². The van der Waals surface area contributed by atoms with Crippen LogP contribution in [0.15, 0.2) is 0 Å². The van der Waals surface area contributed by atoms with Gasteiger partial charge in [-0.25, -0.2) is 0 Å². The number of aliphatic hydroxyl groups is 1. The zero-order valence-corrected chi connectivity index (χ0v) is 33.6. The molecule has 1 rings (SSSR count). The van der Waals surface area contributed by atoms with E-state index in [2.05, 4.69) is 13.8 Å². The predicted molar refractivity (Wildman–Crippen MR) is 199 cm³/mol. The number of hydrogen-bond acceptors (Lipinski definition) is 9. The highest BCUT2D eigenvalue weighted by Gasteiger charge is 2.35. The standard InChI is InChI=1S/C20H38O5.C12H22O3.C8H16O2/c1-6-10-16(11-7-2)18(22)24-14-17(21)15-25-19(23)20(5,12-8-3)13-9-4;1-4-6-12(3,7-5-2)11(13)15-9-10-8-14-10;1-3-5-7(6-4-2)8(9)10/h16-17,21H,6-15H2,1-5H3;10H,4-9H2,1-3H3;7H,3-6H2,1-2H3,(H,9,10). The number of epoxide rings is 1. The van der Waals surface area contributed by atoms with Gasteiger partial charge in [-0.3, -0.25) is 19.2 Å². The summed E-state index contributed by atoms with van der Waals surface area (Å²) in [6, 6.07) is 0. The summed E-state index contributed by atoms with van der Waals surface area (Å²) >= 11 is 0. The van der Waals surface area contributed by atoms with Crippen molar-refractivity contribution in [2.75, 3.05) is 26.4 Å². The number of esters is 3. The fourth-order valence-corrected chi connectivity index (χ4v) is 6.23. The first-order valence-electron chi connectivity index (χ1n) is 19.7. The molecule has 1 saturated heterocycles. The Balaban J connectivity index is 0. The SMILES string of the molecule is CCCC(C)(CCC)C(=O)OCC1CO1.CCCC(CCC)C(=O)O.CCCC(CCC)C(=O)OCC(O)COC(=O)C(C)(CCC)CCC. The number of ether oxygens (including phenoxy) is 4. The average molecular weight is 717 g/mol. The predicted octanol–water partition coefficient (Wildman–Crippen LogP) is 9.08. The summed E-state index contributed by atoms with van der Waals surface area (Å²) in [7, 11) is 0. The minimum atomic E-state index is -0.982. The monoisotopic (exact) mass is 717 g/mol. The molecule has 0 bridgehead atoms. The van der Waals surface area contributed by atoms with Gasteiger partial charge in [0.15, 0.2) is 0 Å². The molecule has 50 heavy (non-hydrogen) atoms. The van der Waals surface area contributed by atoms with Crippen molar-refractivity contribution in [3.05, 3.63) is 0 Å². The van der Waals surface area contributed by atoms with E-state index in [1.165, 1.54) is 0 Å². The molecule has 2 unspecified atom stereocenters. The molecule has 0 aromatic heterocycles. The van der Waals surface area contributed by atoms with Gasteiger partial charge in [-0.15, -0.1) is 0 Å².